The Hall–Kier alpha value is -2.99. The Kier molecular flexibility index (Phi) is 6.60. The highest BCUT2D eigenvalue weighted by molar-refractivity contribution is 9.10. The number of rotatable bonds is 5. The zero-order valence-electron chi connectivity index (χ0n) is 16.8. The van der Waals surface area contributed by atoms with E-state index in [4.69, 9.17) is 18.9 Å². The van der Waals surface area contributed by atoms with E-state index in [0.717, 1.165) is 0 Å². The largest absolute Gasteiger partial charge is 0.456 e. The van der Waals surface area contributed by atoms with Gasteiger partial charge in [-0.25, -0.2) is 0 Å². The Labute approximate surface area is 184 Å². The Morgan fingerprint density at radius 1 is 1.10 bits per heavy atom. The van der Waals surface area contributed by atoms with Crippen molar-refractivity contribution in [3.63, 3.8) is 0 Å². The number of hydrogen-bond acceptors (Lipinski definition) is 9. The zero-order valence-corrected chi connectivity index (χ0v) is 18.4. The first-order valence-corrected chi connectivity index (χ1v) is 9.95. The van der Waals surface area contributed by atoms with Gasteiger partial charge in [0.05, 0.1) is 21.5 Å². The van der Waals surface area contributed by atoms with Gasteiger partial charge < -0.3 is 23.5 Å². The van der Waals surface area contributed by atoms with Gasteiger partial charge in [0.1, 0.15) is 0 Å². The molecule has 0 spiro atoms. The van der Waals surface area contributed by atoms with Crippen molar-refractivity contribution in [2.75, 3.05) is 6.61 Å². The van der Waals surface area contributed by atoms with Crippen LogP contribution in [0.25, 0.3) is 10.9 Å². The smallest absolute Gasteiger partial charge is 0.303 e. The second kappa shape index (κ2) is 9.02. The lowest BCUT2D eigenvalue weighted by Crippen LogP contribution is -2.55. The van der Waals surface area contributed by atoms with E-state index in [1.54, 1.807) is 22.9 Å². The van der Waals surface area contributed by atoms with Crippen LogP contribution in [-0.2, 0) is 33.3 Å². The molecule has 2 aromatic rings. The van der Waals surface area contributed by atoms with Gasteiger partial charge in [-0.1, -0.05) is 0 Å². The molecular formula is C19H19BrN2O9. The molecule has 1 saturated heterocycles. The van der Waals surface area contributed by atoms with Gasteiger partial charge in [-0.3, -0.25) is 24.5 Å². The molecule has 11 nitrogen and oxygen atoms in total. The summed E-state index contributed by atoms with van der Waals surface area (Å²) >= 11 is 3.18. The van der Waals surface area contributed by atoms with Crippen molar-refractivity contribution in [1.29, 1.82) is 0 Å². The molecule has 0 unspecified atom stereocenters. The molecule has 1 aliphatic rings. The van der Waals surface area contributed by atoms with Crippen LogP contribution in [0.2, 0.25) is 0 Å². The van der Waals surface area contributed by atoms with E-state index in [0.29, 0.717) is 15.4 Å². The Bertz CT molecular complexity index is 1050. The topological polar surface area (TPSA) is 136 Å². The van der Waals surface area contributed by atoms with E-state index in [1.165, 1.54) is 26.8 Å². The highest BCUT2D eigenvalue weighted by atomic mass is 79.9. The van der Waals surface area contributed by atoms with Crippen LogP contribution in [0.5, 0.6) is 0 Å². The number of nitrogens with zero attached hydrogens (tertiary/aromatic N) is 2. The molecule has 1 aliphatic heterocycles. The van der Waals surface area contributed by atoms with E-state index >= 15 is 0 Å². The molecule has 2 heterocycles. The molecule has 4 atom stereocenters. The summed E-state index contributed by atoms with van der Waals surface area (Å²) in [6, 6.07) is 4.64. The molecule has 166 valence electrons. The van der Waals surface area contributed by atoms with Crippen LogP contribution in [0.3, 0.4) is 0 Å². The average molecular weight is 499 g/mol. The van der Waals surface area contributed by atoms with Crippen LogP contribution >= 0.6 is 15.9 Å². The lowest BCUT2D eigenvalue weighted by Gasteiger charge is -2.41. The van der Waals surface area contributed by atoms with Crippen molar-refractivity contribution in [3.8, 4) is 0 Å². The number of esters is 3. The lowest BCUT2D eigenvalue weighted by atomic mass is 10.0. The number of benzene rings is 1. The minimum absolute atomic E-state index is 0.155. The fraction of sp³-hybridized carbons (Fsp3) is 0.421. The van der Waals surface area contributed by atoms with Gasteiger partial charge in [-0.05, 0) is 28.1 Å². The molecule has 0 radical (unpaired) electrons. The molecule has 31 heavy (non-hydrogen) atoms. The van der Waals surface area contributed by atoms with Gasteiger partial charge >= 0.3 is 17.9 Å². The summed E-state index contributed by atoms with van der Waals surface area (Å²) in [5, 5.41) is 12.0. The normalized spacial score (nSPS) is 23.2. The van der Waals surface area contributed by atoms with Crippen molar-refractivity contribution in [2.24, 2.45) is 0 Å². The Balaban J connectivity index is 2.09. The summed E-state index contributed by atoms with van der Waals surface area (Å²) in [4.78, 5) is 45.8. The predicted molar refractivity (Wildman–Crippen MR) is 108 cm³/mol. The summed E-state index contributed by atoms with van der Waals surface area (Å²) in [7, 11) is 0. The molecule has 0 aliphatic carbocycles. The van der Waals surface area contributed by atoms with Crippen molar-refractivity contribution in [3.05, 3.63) is 39.0 Å². The van der Waals surface area contributed by atoms with Crippen molar-refractivity contribution < 1.29 is 38.3 Å². The van der Waals surface area contributed by atoms with Gasteiger partial charge in [-0.15, -0.1) is 0 Å². The lowest BCUT2D eigenvalue weighted by molar-refractivity contribution is -0.385. The molecule has 1 fully saturated rings. The van der Waals surface area contributed by atoms with Crippen LogP contribution in [0, 0.1) is 10.1 Å². The number of nitro groups is 1. The first-order valence-electron chi connectivity index (χ1n) is 9.16. The zero-order chi connectivity index (χ0) is 22.9. The number of fused-ring (bicyclic) bond motifs is 1. The maximum Gasteiger partial charge on any atom is 0.303 e. The second-order valence-electron chi connectivity index (χ2n) is 6.86. The first kappa shape index (κ1) is 22.7. The minimum atomic E-state index is -1.18. The SMILES string of the molecule is CC(=O)O[C@@H]1[C@H](OC(C)=O)[C@@H](OC(C)=O)CO[C@@H]1n1ccc2cc(Br)c([N+](=O)[O-])cc21. The standard InChI is InChI=1S/C19H19BrN2O9/c1-9(23)29-16-8-28-19(18(31-11(3)25)17(16)30-10(2)24)21-5-4-12-6-13(20)15(22(26)27)7-14(12)21/h4-7,16-19H,8H2,1-3H3/t16-,17+,18+,19-/m0/s1. The van der Waals surface area contributed by atoms with Crippen LogP contribution in [0.15, 0.2) is 28.9 Å². The second-order valence-corrected chi connectivity index (χ2v) is 7.72. The van der Waals surface area contributed by atoms with Crippen LogP contribution in [-0.4, -0.2) is 52.3 Å². The third-order valence-electron chi connectivity index (χ3n) is 4.58. The number of nitro benzene ring substituents is 1. The van der Waals surface area contributed by atoms with Gasteiger partial charge in [0.2, 0.25) is 0 Å². The Morgan fingerprint density at radius 2 is 1.71 bits per heavy atom. The number of ether oxygens (including phenoxy) is 4. The number of carbonyl (C=O) groups excluding carboxylic acids is 3. The van der Waals surface area contributed by atoms with Crippen molar-refractivity contribution in [1.82, 2.24) is 4.57 Å². The van der Waals surface area contributed by atoms with Crippen molar-refractivity contribution >= 4 is 50.4 Å². The summed E-state index contributed by atoms with van der Waals surface area (Å²) in [5.74, 6) is -1.97. The third kappa shape index (κ3) is 4.85. The van der Waals surface area contributed by atoms with E-state index < -0.39 is 47.4 Å². The summed E-state index contributed by atoms with van der Waals surface area (Å²) in [6.45, 7) is 3.38. The molecule has 0 N–H and O–H groups in total. The van der Waals surface area contributed by atoms with Gasteiger partial charge in [0.15, 0.2) is 24.5 Å². The molecule has 0 saturated carbocycles. The fourth-order valence-corrected chi connectivity index (χ4v) is 3.99. The number of hydrogen-bond donors (Lipinski definition) is 0. The summed E-state index contributed by atoms with van der Waals surface area (Å²) in [6.07, 6.45) is -2.73. The molecule has 0 amide bonds. The molecule has 1 aromatic heterocycles. The molecule has 3 rings (SSSR count). The Morgan fingerprint density at radius 3 is 2.29 bits per heavy atom. The highest BCUT2D eigenvalue weighted by Gasteiger charge is 2.47. The van der Waals surface area contributed by atoms with Gasteiger partial charge in [0.25, 0.3) is 5.69 Å². The number of aromatic nitrogens is 1. The predicted octanol–water partition coefficient (Wildman–Crippen LogP) is 2.64. The maximum absolute atomic E-state index is 11.8. The van der Waals surface area contributed by atoms with E-state index in [9.17, 15) is 24.5 Å². The molecule has 1 aromatic carbocycles. The highest BCUT2D eigenvalue weighted by Crippen LogP contribution is 2.36. The molecular weight excluding hydrogens is 480 g/mol. The minimum Gasteiger partial charge on any atom is -0.456 e. The molecule has 12 heteroatoms. The van der Waals surface area contributed by atoms with Crippen LogP contribution in [0.4, 0.5) is 5.69 Å². The summed E-state index contributed by atoms with van der Waals surface area (Å²) in [5.41, 5.74) is 0.270. The van der Waals surface area contributed by atoms with Crippen LogP contribution < -0.4 is 0 Å². The quantitative estimate of drug-likeness (QED) is 0.263. The van der Waals surface area contributed by atoms with Crippen LogP contribution in [0.1, 0.15) is 27.0 Å². The van der Waals surface area contributed by atoms with Gasteiger partial charge in [-0.2, -0.15) is 0 Å². The van der Waals surface area contributed by atoms with E-state index in [-0.39, 0.29) is 12.3 Å². The number of halogens is 1. The van der Waals surface area contributed by atoms with E-state index in [1.807, 2.05) is 0 Å². The fourth-order valence-electron chi connectivity index (χ4n) is 3.49. The average Bonchev–Trinajstić information content (AvgIpc) is 3.05. The summed E-state index contributed by atoms with van der Waals surface area (Å²) < 4.78 is 23.6. The van der Waals surface area contributed by atoms with E-state index in [2.05, 4.69) is 15.9 Å². The monoisotopic (exact) mass is 498 g/mol. The maximum atomic E-state index is 11.8. The molecule has 0 bridgehead atoms. The van der Waals surface area contributed by atoms with Gasteiger partial charge in [0, 0.05) is 38.4 Å². The first-order chi connectivity index (χ1) is 14.6. The third-order valence-corrected chi connectivity index (χ3v) is 5.22. The number of carbonyl (C=O) groups is 3. The van der Waals surface area contributed by atoms with Crippen molar-refractivity contribution in [2.45, 2.75) is 45.3 Å².